The van der Waals surface area contributed by atoms with Crippen LogP contribution in [0.15, 0.2) is 51.7 Å². The molecule has 1 amide bonds. The van der Waals surface area contributed by atoms with Crippen molar-refractivity contribution in [1.82, 2.24) is 9.55 Å². The van der Waals surface area contributed by atoms with Gasteiger partial charge in [0.25, 0.3) is 5.56 Å². The summed E-state index contributed by atoms with van der Waals surface area (Å²) in [7, 11) is 1.29. The Balaban J connectivity index is 1.66. The lowest BCUT2D eigenvalue weighted by atomic mass is 10.2. The third-order valence-electron chi connectivity index (χ3n) is 4.84. The predicted octanol–water partition coefficient (Wildman–Crippen LogP) is 4.64. The van der Waals surface area contributed by atoms with Gasteiger partial charge < -0.3 is 10.1 Å². The Kier molecular flexibility index (Phi) is 6.45. The first-order chi connectivity index (χ1) is 15.4. The average molecular weight is 486 g/mol. The van der Waals surface area contributed by atoms with Crippen LogP contribution in [0.3, 0.4) is 0 Å². The molecule has 7 nitrogen and oxygen atoms in total. The number of esters is 1. The van der Waals surface area contributed by atoms with E-state index in [1.165, 1.54) is 41.5 Å². The zero-order valence-corrected chi connectivity index (χ0v) is 20.0. The van der Waals surface area contributed by atoms with E-state index in [-0.39, 0.29) is 17.2 Å². The van der Waals surface area contributed by atoms with Crippen LogP contribution in [0.2, 0.25) is 0 Å². The lowest BCUT2D eigenvalue weighted by Gasteiger charge is -2.12. The second kappa shape index (κ2) is 9.27. The van der Waals surface area contributed by atoms with Crippen LogP contribution in [0, 0.1) is 13.8 Å². The van der Waals surface area contributed by atoms with Gasteiger partial charge in [-0.3, -0.25) is 14.2 Å². The van der Waals surface area contributed by atoms with E-state index in [0.717, 1.165) is 10.4 Å². The predicted molar refractivity (Wildman–Crippen MR) is 130 cm³/mol. The molecule has 0 radical (unpaired) electrons. The Bertz CT molecular complexity index is 1370. The second-order valence-electron chi connectivity index (χ2n) is 6.83. The molecule has 10 heteroatoms. The lowest BCUT2D eigenvalue weighted by Crippen LogP contribution is -2.23. The molecule has 0 spiro atoms. The van der Waals surface area contributed by atoms with Crippen LogP contribution >= 0.6 is 34.4 Å². The number of nitrogens with one attached hydrogen (secondary N) is 1. The second-order valence-corrected chi connectivity index (χ2v) is 9.89. The van der Waals surface area contributed by atoms with Gasteiger partial charge in [-0.05, 0) is 43.0 Å². The number of ether oxygens (including phenoxy) is 1. The highest BCUT2D eigenvalue weighted by molar-refractivity contribution is 7.99. The fourth-order valence-corrected chi connectivity index (χ4v) is 5.82. The van der Waals surface area contributed by atoms with Gasteiger partial charge in [-0.15, -0.1) is 22.7 Å². The number of carbonyl (C=O) groups is 2. The maximum atomic E-state index is 13.4. The summed E-state index contributed by atoms with van der Waals surface area (Å²) in [6.07, 6.45) is 0. The smallest absolute Gasteiger partial charge is 0.340 e. The molecule has 3 aromatic heterocycles. The van der Waals surface area contributed by atoms with Crippen LogP contribution < -0.4 is 10.9 Å². The highest BCUT2D eigenvalue weighted by Crippen LogP contribution is 2.30. The largest absolute Gasteiger partial charge is 0.465 e. The Hall–Kier alpha value is -2.95. The molecular formula is C22H19N3O4S3. The number of aromatic nitrogens is 2. The molecule has 4 aromatic rings. The summed E-state index contributed by atoms with van der Waals surface area (Å²) >= 11 is 3.88. The van der Waals surface area contributed by atoms with E-state index in [2.05, 4.69) is 5.32 Å². The van der Waals surface area contributed by atoms with Gasteiger partial charge in [-0.2, -0.15) is 0 Å². The molecule has 0 unspecified atom stereocenters. The van der Waals surface area contributed by atoms with Gasteiger partial charge in [-0.25, -0.2) is 9.78 Å². The lowest BCUT2D eigenvalue weighted by molar-refractivity contribution is -0.113. The van der Waals surface area contributed by atoms with Gasteiger partial charge in [0.15, 0.2) is 5.16 Å². The van der Waals surface area contributed by atoms with Gasteiger partial charge in [-0.1, -0.05) is 30.0 Å². The van der Waals surface area contributed by atoms with Crippen LogP contribution in [0.25, 0.3) is 15.9 Å². The van der Waals surface area contributed by atoms with E-state index in [1.54, 1.807) is 16.0 Å². The number of aryl methyl sites for hydroxylation is 2. The minimum Gasteiger partial charge on any atom is -0.465 e. The number of thioether (sulfide) groups is 1. The number of rotatable bonds is 6. The zero-order valence-electron chi connectivity index (χ0n) is 17.5. The molecule has 1 aromatic carbocycles. The van der Waals surface area contributed by atoms with E-state index in [4.69, 9.17) is 9.72 Å². The SMILES string of the molecule is COC(=O)c1ccsc1NC(=O)CSc1nc2sc(C)c(C)c2c(=O)n1-c1ccccc1. The minimum absolute atomic E-state index is 0.0205. The Morgan fingerprint density at radius 3 is 2.66 bits per heavy atom. The number of benzene rings is 1. The molecule has 32 heavy (non-hydrogen) atoms. The fourth-order valence-electron chi connectivity index (χ4n) is 3.15. The highest BCUT2D eigenvalue weighted by Gasteiger charge is 2.20. The van der Waals surface area contributed by atoms with Crippen molar-refractivity contribution < 1.29 is 14.3 Å². The molecule has 0 aliphatic heterocycles. The Morgan fingerprint density at radius 1 is 1.19 bits per heavy atom. The molecule has 1 N–H and O–H groups in total. The minimum atomic E-state index is -0.511. The van der Waals surface area contributed by atoms with Crippen molar-refractivity contribution >= 4 is 61.5 Å². The molecule has 164 valence electrons. The van der Waals surface area contributed by atoms with Crippen molar-refractivity contribution in [1.29, 1.82) is 0 Å². The van der Waals surface area contributed by atoms with Crippen LogP contribution in [-0.2, 0) is 9.53 Å². The van der Waals surface area contributed by atoms with Crippen molar-refractivity contribution in [3.8, 4) is 5.69 Å². The average Bonchev–Trinajstić information content (AvgIpc) is 3.36. The van der Waals surface area contributed by atoms with Crippen molar-refractivity contribution in [2.45, 2.75) is 19.0 Å². The van der Waals surface area contributed by atoms with Gasteiger partial charge in [0.2, 0.25) is 5.91 Å². The summed E-state index contributed by atoms with van der Waals surface area (Å²) in [4.78, 5) is 44.3. The number of para-hydroxylation sites is 1. The number of methoxy groups -OCH3 is 1. The monoisotopic (exact) mass is 485 g/mol. The molecule has 0 saturated heterocycles. The van der Waals surface area contributed by atoms with Crippen LogP contribution in [0.1, 0.15) is 20.8 Å². The van der Waals surface area contributed by atoms with Crippen molar-refractivity contribution in [2.24, 2.45) is 0 Å². The number of hydrogen-bond donors (Lipinski definition) is 1. The number of fused-ring (bicyclic) bond motifs is 1. The van der Waals surface area contributed by atoms with E-state index in [9.17, 15) is 14.4 Å². The summed E-state index contributed by atoms with van der Waals surface area (Å²) < 4.78 is 6.29. The van der Waals surface area contributed by atoms with Crippen molar-refractivity contribution in [3.05, 3.63) is 68.1 Å². The van der Waals surface area contributed by atoms with Crippen LogP contribution in [0.5, 0.6) is 0 Å². The summed E-state index contributed by atoms with van der Waals surface area (Å²) in [6, 6.07) is 10.8. The molecule has 0 aliphatic carbocycles. The van der Waals surface area contributed by atoms with Gasteiger partial charge in [0.1, 0.15) is 9.83 Å². The summed E-state index contributed by atoms with van der Waals surface area (Å²) in [6.45, 7) is 3.89. The summed E-state index contributed by atoms with van der Waals surface area (Å²) in [5.41, 5.74) is 1.76. The number of carbonyl (C=O) groups excluding carboxylic acids is 2. The topological polar surface area (TPSA) is 90.3 Å². The van der Waals surface area contributed by atoms with E-state index in [0.29, 0.717) is 31.6 Å². The molecule has 0 bridgehead atoms. The third kappa shape index (κ3) is 4.21. The fraction of sp³-hybridized carbons (Fsp3) is 0.182. The van der Waals surface area contributed by atoms with E-state index in [1.807, 2.05) is 44.2 Å². The van der Waals surface area contributed by atoms with Gasteiger partial charge in [0.05, 0.1) is 29.5 Å². The number of thiophene rings is 2. The zero-order chi connectivity index (χ0) is 22.8. The standard InChI is InChI=1S/C22H19N3O4S3/c1-12-13(2)32-19-17(12)20(27)25(14-7-5-4-6-8-14)22(24-19)31-11-16(26)23-18-15(9-10-30-18)21(28)29-3/h4-10H,11H2,1-3H3,(H,23,26). The van der Waals surface area contributed by atoms with Gasteiger partial charge in [0, 0.05) is 4.88 Å². The number of nitrogens with zero attached hydrogens (tertiary/aromatic N) is 2. The first kappa shape index (κ1) is 22.3. The van der Waals surface area contributed by atoms with E-state index < -0.39 is 5.97 Å². The Labute approximate surface area is 196 Å². The molecule has 4 rings (SSSR count). The summed E-state index contributed by atoms with van der Waals surface area (Å²) in [5.74, 6) is -0.801. The molecule has 0 aliphatic rings. The molecule has 0 fully saturated rings. The molecule has 3 heterocycles. The molecular weight excluding hydrogens is 466 g/mol. The van der Waals surface area contributed by atoms with Crippen molar-refractivity contribution in [3.63, 3.8) is 0 Å². The first-order valence-electron chi connectivity index (χ1n) is 9.57. The Morgan fingerprint density at radius 2 is 1.94 bits per heavy atom. The normalized spacial score (nSPS) is 11.0. The van der Waals surface area contributed by atoms with Gasteiger partial charge >= 0.3 is 5.97 Å². The number of hydrogen-bond acceptors (Lipinski definition) is 8. The van der Waals surface area contributed by atoms with E-state index >= 15 is 0 Å². The number of amides is 1. The maximum absolute atomic E-state index is 13.4. The third-order valence-corrected chi connectivity index (χ3v) is 7.71. The van der Waals surface area contributed by atoms with Crippen molar-refractivity contribution in [2.75, 3.05) is 18.2 Å². The quantitative estimate of drug-likeness (QED) is 0.243. The number of anilines is 1. The molecule has 0 saturated carbocycles. The van der Waals surface area contributed by atoms with Crippen LogP contribution in [-0.4, -0.2) is 34.3 Å². The highest BCUT2D eigenvalue weighted by atomic mass is 32.2. The van der Waals surface area contributed by atoms with Crippen LogP contribution in [0.4, 0.5) is 5.00 Å². The maximum Gasteiger partial charge on any atom is 0.340 e. The first-order valence-corrected chi connectivity index (χ1v) is 12.3. The summed E-state index contributed by atoms with van der Waals surface area (Å²) in [5, 5.41) is 5.92. The molecule has 0 atom stereocenters.